The summed E-state index contributed by atoms with van der Waals surface area (Å²) < 4.78 is 13.1. The first-order valence-corrected chi connectivity index (χ1v) is 10.4. The third-order valence-corrected chi connectivity index (χ3v) is 5.86. The van der Waals surface area contributed by atoms with Crippen molar-refractivity contribution in [2.75, 3.05) is 32.0 Å². The Morgan fingerprint density at radius 2 is 1.71 bits per heavy atom. The highest BCUT2D eigenvalue weighted by atomic mass is 19.1. The molecule has 0 atom stereocenters. The second kappa shape index (κ2) is 9.73. The van der Waals surface area contributed by atoms with E-state index in [9.17, 15) is 18.8 Å². The molecule has 31 heavy (non-hydrogen) atoms. The molecular formula is C24H28FN3O3. The summed E-state index contributed by atoms with van der Waals surface area (Å²) in [7, 11) is 1.63. The van der Waals surface area contributed by atoms with E-state index in [4.69, 9.17) is 0 Å². The number of likely N-dealkylation sites (N-methyl/N-ethyl adjacent to an activating group) is 1. The molecule has 164 valence electrons. The van der Waals surface area contributed by atoms with Crippen molar-refractivity contribution in [3.8, 4) is 0 Å². The Labute approximate surface area is 182 Å². The van der Waals surface area contributed by atoms with Crippen LogP contribution in [0.3, 0.4) is 0 Å². The zero-order chi connectivity index (χ0) is 22.5. The van der Waals surface area contributed by atoms with Crippen molar-refractivity contribution < 1.29 is 18.8 Å². The van der Waals surface area contributed by atoms with Gasteiger partial charge in [0.1, 0.15) is 5.82 Å². The lowest BCUT2D eigenvalue weighted by Gasteiger charge is -2.33. The van der Waals surface area contributed by atoms with Gasteiger partial charge in [-0.15, -0.1) is 0 Å². The van der Waals surface area contributed by atoms with Gasteiger partial charge in [-0.1, -0.05) is 12.1 Å². The summed E-state index contributed by atoms with van der Waals surface area (Å²) in [6, 6.07) is 11.2. The number of nitrogens with one attached hydrogen (secondary N) is 1. The van der Waals surface area contributed by atoms with E-state index in [2.05, 4.69) is 5.32 Å². The molecule has 0 bridgehead atoms. The SMILES string of the molecule is Cc1cccc(NC(=O)CN(C)C(=O)C2CCN(C(=O)c3ccc(F)cc3)CC2)c1C. The van der Waals surface area contributed by atoms with Crippen molar-refractivity contribution in [3.05, 3.63) is 65.0 Å². The van der Waals surface area contributed by atoms with Crippen LogP contribution in [0.15, 0.2) is 42.5 Å². The number of aryl methyl sites for hydroxylation is 1. The molecule has 0 saturated carbocycles. The van der Waals surface area contributed by atoms with E-state index in [1.807, 2.05) is 32.0 Å². The summed E-state index contributed by atoms with van der Waals surface area (Å²) >= 11 is 0. The summed E-state index contributed by atoms with van der Waals surface area (Å²) in [5.41, 5.74) is 3.28. The van der Waals surface area contributed by atoms with Crippen LogP contribution in [0.5, 0.6) is 0 Å². The Kier molecular flexibility index (Phi) is 7.05. The number of carbonyl (C=O) groups excluding carboxylic acids is 3. The van der Waals surface area contributed by atoms with Gasteiger partial charge in [0.05, 0.1) is 6.54 Å². The van der Waals surface area contributed by atoms with Crippen LogP contribution in [-0.2, 0) is 9.59 Å². The van der Waals surface area contributed by atoms with E-state index in [1.165, 1.54) is 29.2 Å². The van der Waals surface area contributed by atoms with E-state index in [1.54, 1.807) is 11.9 Å². The summed E-state index contributed by atoms with van der Waals surface area (Å²) in [5, 5.41) is 2.87. The number of benzene rings is 2. The second-order valence-corrected chi connectivity index (χ2v) is 8.06. The van der Waals surface area contributed by atoms with Gasteiger partial charge in [-0.2, -0.15) is 0 Å². The van der Waals surface area contributed by atoms with Crippen LogP contribution < -0.4 is 5.32 Å². The van der Waals surface area contributed by atoms with Crippen molar-refractivity contribution >= 4 is 23.4 Å². The van der Waals surface area contributed by atoms with Gasteiger partial charge in [-0.3, -0.25) is 14.4 Å². The molecule has 0 radical (unpaired) electrons. The van der Waals surface area contributed by atoms with Crippen molar-refractivity contribution in [2.45, 2.75) is 26.7 Å². The predicted molar refractivity (Wildman–Crippen MR) is 117 cm³/mol. The van der Waals surface area contributed by atoms with E-state index in [-0.39, 0.29) is 36.0 Å². The van der Waals surface area contributed by atoms with Crippen LogP contribution in [-0.4, -0.2) is 54.2 Å². The maximum Gasteiger partial charge on any atom is 0.253 e. The van der Waals surface area contributed by atoms with Gasteiger partial charge in [-0.25, -0.2) is 4.39 Å². The van der Waals surface area contributed by atoms with Crippen LogP contribution in [0.2, 0.25) is 0 Å². The lowest BCUT2D eigenvalue weighted by molar-refractivity contribution is -0.138. The van der Waals surface area contributed by atoms with Crippen LogP contribution in [0.1, 0.15) is 34.3 Å². The Bertz CT molecular complexity index is 967. The molecular weight excluding hydrogens is 397 g/mol. The number of nitrogens with zero attached hydrogens (tertiary/aromatic N) is 2. The van der Waals surface area contributed by atoms with Crippen molar-refractivity contribution in [1.82, 2.24) is 9.80 Å². The molecule has 3 amide bonds. The lowest BCUT2D eigenvalue weighted by atomic mass is 9.95. The minimum Gasteiger partial charge on any atom is -0.339 e. The summed E-state index contributed by atoms with van der Waals surface area (Å²) in [6.07, 6.45) is 1.07. The normalized spacial score (nSPS) is 14.3. The molecule has 2 aromatic rings. The molecule has 7 heteroatoms. The number of hydrogen-bond acceptors (Lipinski definition) is 3. The average molecular weight is 426 g/mol. The maximum absolute atomic E-state index is 13.1. The number of piperidine rings is 1. The first-order chi connectivity index (χ1) is 14.8. The number of anilines is 1. The molecule has 0 spiro atoms. The van der Waals surface area contributed by atoms with Crippen molar-refractivity contribution in [3.63, 3.8) is 0 Å². The fraction of sp³-hybridized carbons (Fsp3) is 0.375. The highest BCUT2D eigenvalue weighted by Gasteiger charge is 2.30. The zero-order valence-electron chi connectivity index (χ0n) is 18.2. The third-order valence-electron chi connectivity index (χ3n) is 5.86. The van der Waals surface area contributed by atoms with E-state index >= 15 is 0 Å². The maximum atomic E-state index is 13.1. The highest BCUT2D eigenvalue weighted by molar-refractivity contribution is 5.96. The average Bonchev–Trinajstić information content (AvgIpc) is 2.76. The molecule has 3 rings (SSSR count). The standard InChI is InChI=1S/C24H28FN3O3/c1-16-5-4-6-21(17(16)2)26-22(29)15-27(3)23(30)19-11-13-28(14-12-19)24(31)18-7-9-20(25)10-8-18/h4-10,19H,11-15H2,1-3H3,(H,26,29). The van der Waals surface area contributed by atoms with Crippen LogP contribution in [0.4, 0.5) is 10.1 Å². The van der Waals surface area contributed by atoms with Gasteiger partial charge in [-0.05, 0) is 68.1 Å². The molecule has 1 fully saturated rings. The molecule has 0 aromatic heterocycles. The molecule has 0 aliphatic carbocycles. The van der Waals surface area contributed by atoms with Gasteiger partial charge in [0.15, 0.2) is 0 Å². The number of carbonyl (C=O) groups is 3. The van der Waals surface area contributed by atoms with Crippen molar-refractivity contribution in [1.29, 1.82) is 0 Å². The number of hydrogen-bond donors (Lipinski definition) is 1. The topological polar surface area (TPSA) is 69.7 Å². The number of halogens is 1. The quantitative estimate of drug-likeness (QED) is 0.798. The molecule has 2 aromatic carbocycles. The summed E-state index contributed by atoms with van der Waals surface area (Å²) in [5.74, 6) is -1.10. The van der Waals surface area contributed by atoms with Crippen LogP contribution in [0, 0.1) is 25.6 Å². The number of rotatable bonds is 5. The Balaban J connectivity index is 1.50. The highest BCUT2D eigenvalue weighted by Crippen LogP contribution is 2.22. The Hall–Kier alpha value is -3.22. The first-order valence-electron chi connectivity index (χ1n) is 10.4. The van der Waals surface area contributed by atoms with E-state index in [0.717, 1.165) is 16.8 Å². The molecule has 1 aliphatic heterocycles. The molecule has 1 heterocycles. The fourth-order valence-corrected chi connectivity index (χ4v) is 3.79. The summed E-state index contributed by atoms with van der Waals surface area (Å²) in [4.78, 5) is 40.9. The number of amides is 3. The Morgan fingerprint density at radius 3 is 2.35 bits per heavy atom. The van der Waals surface area contributed by atoms with Gasteiger partial charge < -0.3 is 15.1 Å². The van der Waals surface area contributed by atoms with Gasteiger partial charge in [0.25, 0.3) is 5.91 Å². The predicted octanol–water partition coefficient (Wildman–Crippen LogP) is 3.39. The van der Waals surface area contributed by atoms with Gasteiger partial charge >= 0.3 is 0 Å². The van der Waals surface area contributed by atoms with E-state index in [0.29, 0.717) is 31.5 Å². The van der Waals surface area contributed by atoms with E-state index < -0.39 is 0 Å². The monoisotopic (exact) mass is 425 g/mol. The van der Waals surface area contributed by atoms with Crippen LogP contribution >= 0.6 is 0 Å². The van der Waals surface area contributed by atoms with Gasteiger partial charge in [0.2, 0.25) is 11.8 Å². The largest absolute Gasteiger partial charge is 0.339 e. The Morgan fingerprint density at radius 1 is 1.06 bits per heavy atom. The molecule has 0 unspecified atom stereocenters. The molecule has 6 nitrogen and oxygen atoms in total. The smallest absolute Gasteiger partial charge is 0.253 e. The van der Waals surface area contributed by atoms with Crippen LogP contribution in [0.25, 0.3) is 0 Å². The zero-order valence-corrected chi connectivity index (χ0v) is 18.2. The van der Waals surface area contributed by atoms with Crippen molar-refractivity contribution in [2.24, 2.45) is 5.92 Å². The summed E-state index contributed by atoms with van der Waals surface area (Å²) in [6.45, 7) is 4.81. The first kappa shape index (κ1) is 22.5. The minimum absolute atomic E-state index is 0.0268. The number of likely N-dealkylation sites (tertiary alicyclic amines) is 1. The fourth-order valence-electron chi connectivity index (χ4n) is 3.79. The minimum atomic E-state index is -0.384. The lowest BCUT2D eigenvalue weighted by Crippen LogP contribution is -2.45. The van der Waals surface area contributed by atoms with Gasteiger partial charge in [0, 0.05) is 37.3 Å². The molecule has 1 N–H and O–H groups in total. The molecule has 1 saturated heterocycles. The third kappa shape index (κ3) is 5.48. The molecule has 1 aliphatic rings. The second-order valence-electron chi connectivity index (χ2n) is 8.06.